The van der Waals surface area contributed by atoms with Crippen molar-refractivity contribution in [3.8, 4) is 0 Å². The van der Waals surface area contributed by atoms with E-state index in [0.717, 1.165) is 29.7 Å². The number of fused-ring (bicyclic) bond motifs is 1. The van der Waals surface area contributed by atoms with Gasteiger partial charge in [0, 0.05) is 31.1 Å². The maximum atomic E-state index is 15.0. The number of aliphatic hydroxyl groups is 1. The minimum Gasteiger partial charge on any atom is -0.394 e. The number of carbonyl (C=O) groups excluding carboxylic acids is 3. The SMILES string of the molecule is C=CCN(C)C(=O)[C@@H]1[C@@H]2CC(C)C3(S2)C(C(=O)N(CC=C)c2c(C)cccc2C)N([C@@H](CO)[C@@H](C)CC)C(=O)[C@H]13. The van der Waals surface area contributed by atoms with Gasteiger partial charge in [0.05, 0.1) is 29.2 Å². The van der Waals surface area contributed by atoms with Gasteiger partial charge in [0.2, 0.25) is 11.8 Å². The molecule has 0 aromatic heterocycles. The maximum Gasteiger partial charge on any atom is 0.251 e. The van der Waals surface area contributed by atoms with Crippen LogP contribution in [0.15, 0.2) is 43.5 Å². The quantitative estimate of drug-likeness (QED) is 0.405. The molecule has 0 saturated carbocycles. The molecule has 1 spiro atoms. The molecule has 3 aliphatic heterocycles. The molecule has 8 atom stereocenters. The molecule has 3 saturated heterocycles. The van der Waals surface area contributed by atoms with Crippen LogP contribution in [0.5, 0.6) is 0 Å². The molecule has 7 nitrogen and oxygen atoms in total. The summed E-state index contributed by atoms with van der Waals surface area (Å²) in [6.45, 7) is 18.3. The molecule has 40 heavy (non-hydrogen) atoms. The van der Waals surface area contributed by atoms with E-state index in [1.165, 1.54) is 0 Å². The number of rotatable bonds is 11. The van der Waals surface area contributed by atoms with Crippen molar-refractivity contribution in [1.29, 1.82) is 0 Å². The zero-order valence-electron chi connectivity index (χ0n) is 24.8. The number of benzene rings is 1. The van der Waals surface area contributed by atoms with Gasteiger partial charge in [-0.1, -0.05) is 57.5 Å². The Morgan fingerprint density at radius 2 is 1.82 bits per heavy atom. The lowest BCUT2D eigenvalue weighted by Gasteiger charge is -2.43. The molecule has 2 bridgehead atoms. The van der Waals surface area contributed by atoms with Crippen LogP contribution in [0.25, 0.3) is 0 Å². The lowest BCUT2D eigenvalue weighted by Crippen LogP contribution is -2.60. The standard InChI is InChI=1S/C32H45N3O4S/c1-9-15-33(8)29(37)25-24-17-22(7)32(40-24)26(25)30(38)35(23(18-36)19(4)11-3)28(32)31(39)34(16-10-2)27-20(5)13-12-14-21(27)6/h9-10,12-14,19,22-26,28,36H,1-2,11,15-18H2,3-8H3/t19-,22?,23-,24-,25+,26-,28?,32?/m0/s1. The topological polar surface area (TPSA) is 81.2 Å². The zero-order valence-corrected chi connectivity index (χ0v) is 25.6. The average molecular weight is 568 g/mol. The van der Waals surface area contributed by atoms with Crippen molar-refractivity contribution in [2.75, 3.05) is 31.6 Å². The highest BCUT2D eigenvalue weighted by Crippen LogP contribution is 2.69. The Labute approximate surface area is 243 Å². The van der Waals surface area contributed by atoms with E-state index in [4.69, 9.17) is 0 Å². The maximum absolute atomic E-state index is 15.0. The molecule has 1 N–H and O–H groups in total. The first kappa shape index (κ1) is 30.4. The molecular formula is C32H45N3O4S. The number of amides is 3. The number of aryl methyl sites for hydroxylation is 2. The first-order chi connectivity index (χ1) is 19.0. The molecule has 3 amide bonds. The number of likely N-dealkylation sites (tertiary alicyclic amines) is 1. The summed E-state index contributed by atoms with van der Waals surface area (Å²) in [5.41, 5.74) is 2.76. The van der Waals surface area contributed by atoms with Crippen LogP contribution in [-0.2, 0) is 14.4 Å². The third kappa shape index (κ3) is 4.51. The predicted molar refractivity (Wildman–Crippen MR) is 162 cm³/mol. The van der Waals surface area contributed by atoms with Crippen LogP contribution in [0.2, 0.25) is 0 Å². The van der Waals surface area contributed by atoms with Crippen LogP contribution in [0.3, 0.4) is 0 Å². The van der Waals surface area contributed by atoms with Crippen molar-refractivity contribution >= 4 is 35.2 Å². The average Bonchev–Trinajstić information content (AvgIpc) is 3.51. The highest BCUT2D eigenvalue weighted by atomic mass is 32.2. The van der Waals surface area contributed by atoms with Gasteiger partial charge in [0.25, 0.3) is 5.91 Å². The van der Waals surface area contributed by atoms with Crippen LogP contribution >= 0.6 is 11.8 Å². The third-order valence-corrected chi connectivity index (χ3v) is 11.7. The minimum atomic E-state index is -0.803. The summed E-state index contributed by atoms with van der Waals surface area (Å²) in [6.07, 6.45) is 4.92. The Morgan fingerprint density at radius 1 is 1.20 bits per heavy atom. The Hall–Kier alpha value is -2.58. The highest BCUT2D eigenvalue weighted by Gasteiger charge is 2.77. The number of aliphatic hydroxyl groups excluding tert-OH is 1. The second-order valence-electron chi connectivity index (χ2n) is 11.9. The molecule has 1 aromatic carbocycles. The number of hydrogen-bond acceptors (Lipinski definition) is 5. The monoisotopic (exact) mass is 567 g/mol. The first-order valence-electron chi connectivity index (χ1n) is 14.5. The molecule has 4 rings (SSSR count). The van der Waals surface area contributed by atoms with Gasteiger partial charge in [0.15, 0.2) is 0 Å². The Morgan fingerprint density at radius 3 is 2.38 bits per heavy atom. The molecular weight excluding hydrogens is 522 g/mol. The largest absolute Gasteiger partial charge is 0.394 e. The lowest BCUT2D eigenvalue weighted by molar-refractivity contribution is -0.145. The van der Waals surface area contributed by atoms with E-state index in [1.54, 1.807) is 45.7 Å². The summed E-state index contributed by atoms with van der Waals surface area (Å²) in [6, 6.07) is 4.62. The molecule has 3 heterocycles. The number of para-hydroxylation sites is 1. The van der Waals surface area contributed by atoms with E-state index in [0.29, 0.717) is 13.1 Å². The summed E-state index contributed by atoms with van der Waals surface area (Å²) in [5, 5.41) is 10.6. The fourth-order valence-corrected chi connectivity index (χ4v) is 9.93. The first-order valence-corrected chi connectivity index (χ1v) is 15.3. The summed E-state index contributed by atoms with van der Waals surface area (Å²) in [5.74, 6) is -1.53. The number of nitrogens with zero attached hydrogens (tertiary/aromatic N) is 3. The van der Waals surface area contributed by atoms with Gasteiger partial charge in [-0.2, -0.15) is 0 Å². The van der Waals surface area contributed by atoms with Crippen molar-refractivity contribution in [2.24, 2.45) is 23.7 Å². The molecule has 1 aromatic rings. The molecule has 218 valence electrons. The fourth-order valence-electron chi connectivity index (χ4n) is 7.53. The van der Waals surface area contributed by atoms with Gasteiger partial charge < -0.3 is 19.8 Å². The van der Waals surface area contributed by atoms with Crippen molar-refractivity contribution in [3.05, 3.63) is 54.6 Å². The second-order valence-corrected chi connectivity index (χ2v) is 13.5. The van der Waals surface area contributed by atoms with Gasteiger partial charge >= 0.3 is 0 Å². The van der Waals surface area contributed by atoms with Gasteiger partial charge in [-0.15, -0.1) is 24.9 Å². The van der Waals surface area contributed by atoms with E-state index < -0.39 is 28.7 Å². The molecule has 3 aliphatic rings. The number of thioether (sulfide) groups is 1. The highest BCUT2D eigenvalue weighted by molar-refractivity contribution is 8.02. The Bertz CT molecular complexity index is 1170. The van der Waals surface area contributed by atoms with Crippen molar-refractivity contribution in [3.63, 3.8) is 0 Å². The van der Waals surface area contributed by atoms with Crippen LogP contribution in [-0.4, -0.2) is 81.5 Å². The summed E-state index contributed by atoms with van der Waals surface area (Å²) in [4.78, 5) is 48.5. The van der Waals surface area contributed by atoms with Crippen molar-refractivity contribution in [1.82, 2.24) is 9.80 Å². The van der Waals surface area contributed by atoms with E-state index in [2.05, 4.69) is 20.1 Å². The number of likely N-dealkylation sites (N-methyl/N-ethyl adjacent to an activating group) is 1. The second kappa shape index (κ2) is 11.7. The normalized spacial score (nSPS) is 30.1. The van der Waals surface area contributed by atoms with Crippen LogP contribution in [0.1, 0.15) is 44.7 Å². The van der Waals surface area contributed by atoms with E-state index in [9.17, 15) is 19.5 Å². The van der Waals surface area contributed by atoms with Gasteiger partial charge in [0.1, 0.15) is 6.04 Å². The van der Waals surface area contributed by atoms with Crippen molar-refractivity contribution < 1.29 is 19.5 Å². The lowest BCUT2D eigenvalue weighted by atomic mass is 9.65. The predicted octanol–water partition coefficient (Wildman–Crippen LogP) is 4.21. The van der Waals surface area contributed by atoms with E-state index in [-0.39, 0.29) is 41.4 Å². The van der Waals surface area contributed by atoms with Crippen LogP contribution < -0.4 is 4.90 Å². The zero-order chi connectivity index (χ0) is 29.5. The number of hydrogen-bond donors (Lipinski definition) is 1. The molecule has 8 heteroatoms. The molecule has 0 radical (unpaired) electrons. The third-order valence-electron chi connectivity index (χ3n) is 9.61. The van der Waals surface area contributed by atoms with Gasteiger partial charge in [-0.3, -0.25) is 14.4 Å². The summed E-state index contributed by atoms with van der Waals surface area (Å²) < 4.78 is -0.759. The summed E-state index contributed by atoms with van der Waals surface area (Å²) >= 11 is 1.67. The van der Waals surface area contributed by atoms with Crippen LogP contribution in [0, 0.1) is 37.5 Å². The van der Waals surface area contributed by atoms with Crippen LogP contribution in [0.4, 0.5) is 5.69 Å². The van der Waals surface area contributed by atoms with Crippen molar-refractivity contribution in [2.45, 2.75) is 69.5 Å². The molecule has 3 unspecified atom stereocenters. The fraction of sp³-hybridized carbons (Fsp3) is 0.594. The Kier molecular flexibility index (Phi) is 8.91. The van der Waals surface area contributed by atoms with Gasteiger partial charge in [-0.05, 0) is 43.2 Å². The minimum absolute atomic E-state index is 0.0253. The number of carbonyl (C=O) groups is 3. The Balaban J connectivity index is 1.91. The van der Waals surface area contributed by atoms with E-state index >= 15 is 0 Å². The number of anilines is 1. The molecule has 3 fully saturated rings. The van der Waals surface area contributed by atoms with E-state index in [1.807, 2.05) is 45.9 Å². The smallest absolute Gasteiger partial charge is 0.251 e. The summed E-state index contributed by atoms with van der Waals surface area (Å²) in [7, 11) is 1.75. The van der Waals surface area contributed by atoms with Gasteiger partial charge in [-0.25, -0.2) is 0 Å². The molecule has 0 aliphatic carbocycles.